The summed E-state index contributed by atoms with van der Waals surface area (Å²) in [7, 11) is 1.65. The molecule has 5 heteroatoms. The molecule has 0 aliphatic heterocycles. The van der Waals surface area contributed by atoms with Crippen LogP contribution in [0.5, 0.6) is 0 Å². The third-order valence-corrected chi connectivity index (χ3v) is 2.21. The van der Waals surface area contributed by atoms with Crippen LogP contribution in [0, 0.1) is 0 Å². The number of amides is 1. The summed E-state index contributed by atoms with van der Waals surface area (Å²) in [6.45, 7) is 9.75. The summed E-state index contributed by atoms with van der Waals surface area (Å²) in [6.07, 6.45) is 0.224. The summed E-state index contributed by atoms with van der Waals surface area (Å²) in [6, 6.07) is -0.155. The van der Waals surface area contributed by atoms with E-state index in [4.69, 9.17) is 15.2 Å². The average Bonchev–Trinajstić information content (AvgIpc) is 2.11. The first-order valence-electron chi connectivity index (χ1n) is 5.83. The van der Waals surface area contributed by atoms with E-state index in [1.165, 1.54) is 0 Å². The van der Waals surface area contributed by atoms with Gasteiger partial charge in [0, 0.05) is 19.7 Å². The maximum absolute atomic E-state index is 11.4. The van der Waals surface area contributed by atoms with Crippen molar-refractivity contribution in [2.24, 2.45) is 5.73 Å². The molecule has 0 aromatic heterocycles. The van der Waals surface area contributed by atoms with Crippen LogP contribution in [0.3, 0.4) is 0 Å². The van der Waals surface area contributed by atoms with Gasteiger partial charge in [-0.15, -0.1) is 0 Å². The Hall–Kier alpha value is -0.810. The summed E-state index contributed by atoms with van der Waals surface area (Å²) in [4.78, 5) is 11.4. The molecule has 0 aliphatic rings. The van der Waals surface area contributed by atoms with Crippen molar-refractivity contribution in [3.8, 4) is 0 Å². The SMILES string of the molecule is COC(C)(C)CC(N)CNC(=O)OC(C)(C)C. The first-order chi connectivity index (χ1) is 7.56. The third kappa shape index (κ3) is 8.94. The van der Waals surface area contributed by atoms with Crippen LogP contribution in [0.4, 0.5) is 4.79 Å². The molecule has 1 atom stereocenters. The number of hydrogen-bond donors (Lipinski definition) is 2. The lowest BCUT2D eigenvalue weighted by Crippen LogP contribution is -2.43. The molecule has 0 aromatic carbocycles. The first kappa shape index (κ1) is 16.2. The van der Waals surface area contributed by atoms with Gasteiger partial charge in [-0.05, 0) is 41.0 Å². The van der Waals surface area contributed by atoms with Crippen LogP contribution in [0.1, 0.15) is 41.0 Å². The lowest BCUT2D eigenvalue weighted by molar-refractivity contribution is 0.00940. The summed E-state index contributed by atoms with van der Waals surface area (Å²) in [5.74, 6) is 0. The molecule has 0 radical (unpaired) electrons. The highest BCUT2D eigenvalue weighted by Gasteiger charge is 2.22. The molecular formula is C12H26N2O3. The number of nitrogens with two attached hydrogens (primary N) is 1. The standard InChI is InChI=1S/C12H26N2O3/c1-11(2,3)17-10(15)14-8-9(13)7-12(4,5)16-6/h9H,7-8,13H2,1-6H3,(H,14,15). The molecule has 0 spiro atoms. The van der Waals surface area contributed by atoms with Crippen molar-refractivity contribution in [2.75, 3.05) is 13.7 Å². The summed E-state index contributed by atoms with van der Waals surface area (Å²) < 4.78 is 10.4. The number of nitrogens with one attached hydrogen (secondary N) is 1. The quantitative estimate of drug-likeness (QED) is 0.773. The number of hydrogen-bond acceptors (Lipinski definition) is 4. The van der Waals surface area contributed by atoms with Crippen LogP contribution in [-0.4, -0.2) is 37.0 Å². The zero-order chi connectivity index (χ0) is 13.7. The number of alkyl carbamates (subject to hydrolysis) is 1. The van der Waals surface area contributed by atoms with Crippen LogP contribution in [0.2, 0.25) is 0 Å². The fourth-order valence-electron chi connectivity index (χ4n) is 1.32. The average molecular weight is 246 g/mol. The van der Waals surface area contributed by atoms with Gasteiger partial charge in [-0.25, -0.2) is 4.79 Å². The van der Waals surface area contributed by atoms with Gasteiger partial charge in [0.05, 0.1) is 5.60 Å². The van der Waals surface area contributed by atoms with Gasteiger partial charge in [-0.3, -0.25) is 0 Å². The van der Waals surface area contributed by atoms with Crippen LogP contribution in [-0.2, 0) is 9.47 Å². The van der Waals surface area contributed by atoms with Crippen molar-refractivity contribution in [3.63, 3.8) is 0 Å². The highest BCUT2D eigenvalue weighted by molar-refractivity contribution is 5.67. The van der Waals surface area contributed by atoms with Crippen LogP contribution >= 0.6 is 0 Å². The Bertz CT molecular complexity index is 247. The topological polar surface area (TPSA) is 73.6 Å². The normalized spacial score (nSPS) is 14.3. The number of carbonyl (C=O) groups is 1. The highest BCUT2D eigenvalue weighted by Crippen LogP contribution is 2.14. The molecule has 0 heterocycles. The maximum atomic E-state index is 11.4. The summed E-state index contributed by atoms with van der Waals surface area (Å²) in [5.41, 5.74) is 5.13. The van der Waals surface area contributed by atoms with Gasteiger partial charge in [0.25, 0.3) is 0 Å². The van der Waals surface area contributed by atoms with E-state index in [9.17, 15) is 4.79 Å². The molecule has 0 aromatic rings. The highest BCUT2D eigenvalue weighted by atomic mass is 16.6. The summed E-state index contributed by atoms with van der Waals surface area (Å²) >= 11 is 0. The van der Waals surface area contributed by atoms with Gasteiger partial charge in [0.1, 0.15) is 5.60 Å². The minimum atomic E-state index is -0.486. The fraction of sp³-hybridized carbons (Fsp3) is 0.917. The van der Waals surface area contributed by atoms with Gasteiger partial charge < -0.3 is 20.5 Å². The summed E-state index contributed by atoms with van der Waals surface area (Å²) in [5, 5.41) is 2.64. The Morgan fingerprint density at radius 2 is 1.82 bits per heavy atom. The molecule has 3 N–H and O–H groups in total. The van der Waals surface area contributed by atoms with Gasteiger partial charge in [0.2, 0.25) is 0 Å². The number of ether oxygens (including phenoxy) is 2. The molecule has 0 bridgehead atoms. The van der Waals surface area contributed by atoms with Crippen LogP contribution in [0.25, 0.3) is 0 Å². The largest absolute Gasteiger partial charge is 0.444 e. The Labute approximate surface area is 104 Å². The van der Waals surface area contributed by atoms with Gasteiger partial charge in [-0.1, -0.05) is 0 Å². The molecule has 0 saturated heterocycles. The van der Waals surface area contributed by atoms with Crippen molar-refractivity contribution >= 4 is 6.09 Å². The van der Waals surface area contributed by atoms with E-state index in [0.29, 0.717) is 13.0 Å². The van der Waals surface area contributed by atoms with E-state index in [1.807, 2.05) is 34.6 Å². The molecule has 102 valence electrons. The monoisotopic (exact) mass is 246 g/mol. The van der Waals surface area contributed by atoms with Crippen LogP contribution in [0.15, 0.2) is 0 Å². The van der Waals surface area contributed by atoms with Gasteiger partial charge in [0.15, 0.2) is 0 Å². The Balaban J connectivity index is 3.93. The lowest BCUT2D eigenvalue weighted by Gasteiger charge is -2.27. The van der Waals surface area contributed by atoms with Crippen molar-refractivity contribution < 1.29 is 14.3 Å². The third-order valence-electron chi connectivity index (χ3n) is 2.21. The van der Waals surface area contributed by atoms with Crippen molar-refractivity contribution in [1.82, 2.24) is 5.32 Å². The molecule has 0 saturated carbocycles. The second-order valence-electron chi connectivity index (χ2n) is 5.81. The van der Waals surface area contributed by atoms with E-state index in [1.54, 1.807) is 7.11 Å². The molecule has 0 fully saturated rings. The number of carbonyl (C=O) groups excluding carboxylic acids is 1. The molecule has 5 nitrogen and oxygen atoms in total. The van der Waals surface area contributed by atoms with Crippen molar-refractivity contribution in [1.29, 1.82) is 0 Å². The Kier molecular flexibility index (Phi) is 5.92. The maximum Gasteiger partial charge on any atom is 0.407 e. The molecule has 1 amide bonds. The van der Waals surface area contributed by atoms with Crippen LogP contribution < -0.4 is 11.1 Å². The smallest absolute Gasteiger partial charge is 0.407 e. The minimum absolute atomic E-state index is 0.155. The number of methoxy groups -OCH3 is 1. The lowest BCUT2D eigenvalue weighted by atomic mass is 9.99. The first-order valence-corrected chi connectivity index (χ1v) is 5.83. The van der Waals surface area contributed by atoms with E-state index in [2.05, 4.69) is 5.32 Å². The van der Waals surface area contributed by atoms with E-state index in [0.717, 1.165) is 0 Å². The molecule has 17 heavy (non-hydrogen) atoms. The molecule has 0 rings (SSSR count). The Morgan fingerprint density at radius 1 is 1.29 bits per heavy atom. The predicted octanol–water partition coefficient (Wildman–Crippen LogP) is 1.65. The van der Waals surface area contributed by atoms with Gasteiger partial charge in [-0.2, -0.15) is 0 Å². The molecule has 1 unspecified atom stereocenters. The van der Waals surface area contributed by atoms with Gasteiger partial charge >= 0.3 is 6.09 Å². The van der Waals surface area contributed by atoms with E-state index in [-0.39, 0.29) is 11.6 Å². The zero-order valence-corrected chi connectivity index (χ0v) is 11.8. The van der Waals surface area contributed by atoms with Crippen molar-refractivity contribution in [2.45, 2.75) is 58.3 Å². The van der Waals surface area contributed by atoms with E-state index >= 15 is 0 Å². The second-order valence-corrected chi connectivity index (χ2v) is 5.81. The Morgan fingerprint density at radius 3 is 2.24 bits per heavy atom. The van der Waals surface area contributed by atoms with E-state index < -0.39 is 11.7 Å². The zero-order valence-electron chi connectivity index (χ0n) is 11.8. The minimum Gasteiger partial charge on any atom is -0.444 e. The predicted molar refractivity (Wildman–Crippen MR) is 67.9 cm³/mol. The molecular weight excluding hydrogens is 220 g/mol. The molecule has 0 aliphatic carbocycles. The van der Waals surface area contributed by atoms with Crippen molar-refractivity contribution in [3.05, 3.63) is 0 Å². The number of rotatable bonds is 5. The fourth-order valence-corrected chi connectivity index (χ4v) is 1.32. The second kappa shape index (κ2) is 6.21.